The highest BCUT2D eigenvalue weighted by molar-refractivity contribution is 5.84. The number of hydrogen-bond acceptors (Lipinski definition) is 3. The van der Waals surface area contributed by atoms with Crippen molar-refractivity contribution in [2.24, 2.45) is 0 Å². The predicted octanol–water partition coefficient (Wildman–Crippen LogP) is 1.15. The molecule has 0 aliphatic heterocycles. The van der Waals surface area contributed by atoms with Gasteiger partial charge in [0.1, 0.15) is 12.3 Å². The molecule has 0 spiro atoms. The van der Waals surface area contributed by atoms with Gasteiger partial charge in [-0.25, -0.2) is 0 Å². The molecule has 1 heterocycles. The van der Waals surface area contributed by atoms with Crippen LogP contribution >= 0.6 is 0 Å². The maximum atomic E-state index is 11.7. The molecule has 2 aromatic rings. The smallest absolute Gasteiger partial charge is 0.240 e. The van der Waals surface area contributed by atoms with Gasteiger partial charge in [0.25, 0.3) is 0 Å². The van der Waals surface area contributed by atoms with Crippen molar-refractivity contribution in [2.75, 3.05) is 13.7 Å². The topological polar surface area (TPSA) is 63.5 Å². The summed E-state index contributed by atoms with van der Waals surface area (Å²) in [5.74, 6) is 0.679. The number of ether oxygens (including phenoxy) is 1. The zero-order chi connectivity index (χ0) is 13.8. The zero-order valence-corrected chi connectivity index (χ0v) is 11.1. The number of nitrogens with one attached hydrogen (secondary N) is 1. The minimum absolute atomic E-state index is 0.116. The lowest BCUT2D eigenvalue weighted by molar-refractivity contribution is -0.122. The number of benzene rings is 1. The molecular weight excluding hydrogens is 244 g/mol. The summed E-state index contributed by atoms with van der Waals surface area (Å²) in [6.45, 7) is 2.14. The quantitative estimate of drug-likeness (QED) is 0.849. The lowest BCUT2D eigenvalue weighted by Crippen LogP contribution is -2.33. The molecule has 0 aliphatic carbocycles. The van der Waals surface area contributed by atoms with Gasteiger partial charge in [0.2, 0.25) is 5.91 Å². The first-order chi connectivity index (χ1) is 9.10. The van der Waals surface area contributed by atoms with E-state index in [0.717, 1.165) is 16.7 Å². The van der Waals surface area contributed by atoms with Crippen LogP contribution in [0.2, 0.25) is 0 Å². The summed E-state index contributed by atoms with van der Waals surface area (Å²) in [6, 6.07) is 7.67. The van der Waals surface area contributed by atoms with E-state index in [9.17, 15) is 4.79 Å². The fourth-order valence-electron chi connectivity index (χ4n) is 1.92. The molecule has 5 nitrogen and oxygen atoms in total. The summed E-state index contributed by atoms with van der Waals surface area (Å²) in [5.41, 5.74) is 0.980. The van der Waals surface area contributed by atoms with Gasteiger partial charge < -0.3 is 19.7 Å². The Balaban J connectivity index is 2.11. The molecule has 1 aromatic carbocycles. The molecule has 102 valence electrons. The molecule has 2 rings (SSSR count). The van der Waals surface area contributed by atoms with Gasteiger partial charge in [-0.05, 0) is 31.2 Å². The lowest BCUT2D eigenvalue weighted by atomic mass is 10.2. The molecule has 2 N–H and O–H groups in total. The van der Waals surface area contributed by atoms with Crippen molar-refractivity contribution in [2.45, 2.75) is 19.6 Å². The number of hydrogen-bond donors (Lipinski definition) is 2. The van der Waals surface area contributed by atoms with Crippen LogP contribution in [0.25, 0.3) is 10.9 Å². The number of rotatable bonds is 5. The van der Waals surface area contributed by atoms with Gasteiger partial charge in [-0.1, -0.05) is 0 Å². The lowest BCUT2D eigenvalue weighted by Gasteiger charge is -2.09. The van der Waals surface area contributed by atoms with Crippen molar-refractivity contribution in [1.82, 2.24) is 9.88 Å². The number of methoxy groups -OCH3 is 1. The van der Waals surface area contributed by atoms with E-state index in [1.807, 2.05) is 35.0 Å². The van der Waals surface area contributed by atoms with Crippen molar-refractivity contribution in [3.8, 4) is 5.75 Å². The fourth-order valence-corrected chi connectivity index (χ4v) is 1.92. The third-order valence-corrected chi connectivity index (χ3v) is 2.89. The van der Waals surface area contributed by atoms with E-state index in [2.05, 4.69) is 5.32 Å². The first-order valence-corrected chi connectivity index (χ1v) is 6.18. The third kappa shape index (κ3) is 3.26. The number of aromatic nitrogens is 1. The van der Waals surface area contributed by atoms with E-state index in [0.29, 0.717) is 0 Å². The Hall–Kier alpha value is -2.01. The summed E-state index contributed by atoms with van der Waals surface area (Å²) in [4.78, 5) is 11.7. The number of aliphatic hydroxyl groups excluding tert-OH is 1. The maximum Gasteiger partial charge on any atom is 0.240 e. The highest BCUT2D eigenvalue weighted by Gasteiger charge is 2.07. The molecule has 0 fully saturated rings. The van der Waals surface area contributed by atoms with Gasteiger partial charge in [0.05, 0.1) is 13.2 Å². The molecule has 1 amide bonds. The molecule has 1 unspecified atom stereocenters. The van der Waals surface area contributed by atoms with Crippen LogP contribution < -0.4 is 10.1 Å². The molecular formula is C14H18N2O3. The summed E-state index contributed by atoms with van der Waals surface area (Å²) in [6.07, 6.45) is 1.33. The van der Waals surface area contributed by atoms with E-state index in [-0.39, 0.29) is 19.0 Å². The normalized spacial score (nSPS) is 12.4. The molecule has 5 heteroatoms. The number of aliphatic hydroxyl groups is 1. The Kier molecular flexibility index (Phi) is 4.06. The Morgan fingerprint density at radius 1 is 1.47 bits per heavy atom. The number of carbonyl (C=O) groups is 1. The van der Waals surface area contributed by atoms with Crippen LogP contribution in [0.15, 0.2) is 30.5 Å². The number of amides is 1. The fraction of sp³-hybridized carbons (Fsp3) is 0.357. The van der Waals surface area contributed by atoms with Crippen molar-refractivity contribution in [3.63, 3.8) is 0 Å². The van der Waals surface area contributed by atoms with Crippen molar-refractivity contribution in [3.05, 3.63) is 30.5 Å². The SMILES string of the molecule is COc1ccc2c(ccn2CC(=O)NCC(C)O)c1. The zero-order valence-electron chi connectivity index (χ0n) is 11.1. The van der Waals surface area contributed by atoms with Gasteiger partial charge in [-0.2, -0.15) is 0 Å². The molecule has 0 saturated heterocycles. The van der Waals surface area contributed by atoms with Crippen molar-refractivity contribution < 1.29 is 14.6 Å². The number of carbonyl (C=O) groups excluding carboxylic acids is 1. The van der Waals surface area contributed by atoms with Crippen LogP contribution in [-0.2, 0) is 11.3 Å². The van der Waals surface area contributed by atoms with Crippen LogP contribution in [0, 0.1) is 0 Å². The Labute approximate surface area is 111 Å². The van der Waals surface area contributed by atoms with Crippen molar-refractivity contribution in [1.29, 1.82) is 0 Å². The van der Waals surface area contributed by atoms with Gasteiger partial charge in [-0.15, -0.1) is 0 Å². The average Bonchev–Trinajstić information content (AvgIpc) is 2.78. The molecule has 0 bridgehead atoms. The second-order valence-corrected chi connectivity index (χ2v) is 4.52. The number of fused-ring (bicyclic) bond motifs is 1. The maximum absolute atomic E-state index is 11.7. The second kappa shape index (κ2) is 5.75. The molecule has 1 aromatic heterocycles. The van der Waals surface area contributed by atoms with E-state index < -0.39 is 6.10 Å². The minimum atomic E-state index is -0.533. The second-order valence-electron chi connectivity index (χ2n) is 4.52. The van der Waals surface area contributed by atoms with Crippen LogP contribution in [0.1, 0.15) is 6.92 Å². The van der Waals surface area contributed by atoms with Crippen LogP contribution in [0.5, 0.6) is 5.75 Å². The Bertz CT molecular complexity index is 575. The van der Waals surface area contributed by atoms with Gasteiger partial charge >= 0.3 is 0 Å². The summed E-state index contributed by atoms with van der Waals surface area (Å²) in [5, 5.41) is 12.8. The summed E-state index contributed by atoms with van der Waals surface area (Å²) >= 11 is 0. The van der Waals surface area contributed by atoms with Crippen LogP contribution in [-0.4, -0.2) is 35.3 Å². The average molecular weight is 262 g/mol. The van der Waals surface area contributed by atoms with Crippen molar-refractivity contribution >= 4 is 16.8 Å². The summed E-state index contributed by atoms with van der Waals surface area (Å²) < 4.78 is 7.03. The third-order valence-electron chi connectivity index (χ3n) is 2.89. The molecule has 19 heavy (non-hydrogen) atoms. The van der Waals surface area contributed by atoms with E-state index in [1.165, 1.54) is 0 Å². The largest absolute Gasteiger partial charge is 0.497 e. The highest BCUT2D eigenvalue weighted by atomic mass is 16.5. The first kappa shape index (κ1) is 13.4. The standard InChI is InChI=1S/C14H18N2O3/c1-10(17)8-15-14(18)9-16-6-5-11-7-12(19-2)3-4-13(11)16/h3-7,10,17H,8-9H2,1-2H3,(H,15,18). The molecule has 0 saturated carbocycles. The van der Waals surface area contributed by atoms with E-state index in [1.54, 1.807) is 14.0 Å². The first-order valence-electron chi connectivity index (χ1n) is 6.18. The van der Waals surface area contributed by atoms with Crippen LogP contribution in [0.4, 0.5) is 0 Å². The van der Waals surface area contributed by atoms with Gasteiger partial charge in [0.15, 0.2) is 0 Å². The minimum Gasteiger partial charge on any atom is -0.497 e. The summed E-state index contributed by atoms with van der Waals surface area (Å²) in [7, 11) is 1.63. The number of nitrogens with zero attached hydrogens (tertiary/aromatic N) is 1. The molecule has 0 aliphatic rings. The monoisotopic (exact) mass is 262 g/mol. The van der Waals surface area contributed by atoms with E-state index in [4.69, 9.17) is 9.84 Å². The van der Waals surface area contributed by atoms with Gasteiger partial charge in [-0.3, -0.25) is 4.79 Å². The Morgan fingerprint density at radius 3 is 2.95 bits per heavy atom. The molecule has 0 radical (unpaired) electrons. The predicted molar refractivity (Wildman–Crippen MR) is 73.2 cm³/mol. The van der Waals surface area contributed by atoms with E-state index >= 15 is 0 Å². The highest BCUT2D eigenvalue weighted by Crippen LogP contribution is 2.21. The van der Waals surface area contributed by atoms with Gasteiger partial charge in [0, 0.05) is 23.6 Å². The van der Waals surface area contributed by atoms with Crippen LogP contribution in [0.3, 0.4) is 0 Å². The molecule has 1 atom stereocenters. The Morgan fingerprint density at radius 2 is 2.26 bits per heavy atom.